The molecule has 1 amide bonds. The van der Waals surface area contributed by atoms with Gasteiger partial charge in [0.15, 0.2) is 0 Å². The Labute approximate surface area is 155 Å². The summed E-state index contributed by atoms with van der Waals surface area (Å²) < 4.78 is 0. The van der Waals surface area contributed by atoms with Crippen LogP contribution in [-0.2, 0) is 17.8 Å². The van der Waals surface area contributed by atoms with E-state index in [0.29, 0.717) is 13.0 Å². The van der Waals surface area contributed by atoms with E-state index >= 15 is 0 Å². The summed E-state index contributed by atoms with van der Waals surface area (Å²) in [5.41, 5.74) is 3.66. The van der Waals surface area contributed by atoms with Gasteiger partial charge in [-0.25, -0.2) is 0 Å². The molecule has 0 spiro atoms. The zero-order valence-corrected chi connectivity index (χ0v) is 15.0. The van der Waals surface area contributed by atoms with Crippen molar-refractivity contribution in [1.29, 1.82) is 0 Å². The number of benzene rings is 2. The summed E-state index contributed by atoms with van der Waals surface area (Å²) >= 11 is 0. The molecule has 3 rings (SSSR count). The molecule has 0 radical (unpaired) electrons. The third kappa shape index (κ3) is 5.05. The Morgan fingerprint density at radius 1 is 1.12 bits per heavy atom. The van der Waals surface area contributed by atoms with Gasteiger partial charge in [0.2, 0.25) is 5.91 Å². The van der Waals surface area contributed by atoms with Crippen LogP contribution in [0.25, 0.3) is 0 Å². The molecule has 2 atom stereocenters. The Bertz CT molecular complexity index is 678. The van der Waals surface area contributed by atoms with Gasteiger partial charge in [0.25, 0.3) is 0 Å². The van der Waals surface area contributed by atoms with Crippen LogP contribution in [0.4, 0.5) is 0 Å². The normalized spacial score (nSPS) is 17.1. The number of aliphatic hydroxyl groups is 1. The van der Waals surface area contributed by atoms with Gasteiger partial charge in [-0.2, -0.15) is 0 Å². The Hall–Kier alpha value is -1.88. The number of hydrogen-bond acceptors (Lipinski definition) is 3. The zero-order chi connectivity index (χ0) is 16.8. The van der Waals surface area contributed by atoms with E-state index < -0.39 is 0 Å². The van der Waals surface area contributed by atoms with Gasteiger partial charge in [-0.15, -0.1) is 12.4 Å². The van der Waals surface area contributed by atoms with Crippen molar-refractivity contribution in [2.75, 3.05) is 13.2 Å². The highest BCUT2D eigenvalue weighted by Gasteiger charge is 2.24. The van der Waals surface area contributed by atoms with Crippen molar-refractivity contribution >= 4 is 18.3 Å². The van der Waals surface area contributed by atoms with Crippen LogP contribution in [0.3, 0.4) is 0 Å². The van der Waals surface area contributed by atoms with Crippen molar-refractivity contribution < 1.29 is 9.90 Å². The van der Waals surface area contributed by atoms with Crippen LogP contribution in [0.5, 0.6) is 0 Å². The largest absolute Gasteiger partial charge is 0.396 e. The average Bonchev–Trinajstić information content (AvgIpc) is 2.65. The van der Waals surface area contributed by atoms with Gasteiger partial charge in [-0.3, -0.25) is 4.79 Å². The number of nitrogens with one attached hydrogen (secondary N) is 2. The summed E-state index contributed by atoms with van der Waals surface area (Å²) in [6.45, 7) is 1.39. The van der Waals surface area contributed by atoms with Crippen LogP contribution in [-0.4, -0.2) is 30.2 Å². The van der Waals surface area contributed by atoms with Crippen molar-refractivity contribution in [3.8, 4) is 0 Å². The van der Waals surface area contributed by atoms with Gasteiger partial charge in [0, 0.05) is 25.6 Å². The minimum absolute atomic E-state index is 0. The number of hydrogen-bond donors (Lipinski definition) is 3. The van der Waals surface area contributed by atoms with Gasteiger partial charge >= 0.3 is 0 Å². The number of amides is 1. The van der Waals surface area contributed by atoms with Crippen molar-refractivity contribution in [2.24, 2.45) is 0 Å². The van der Waals surface area contributed by atoms with E-state index in [4.69, 9.17) is 0 Å². The summed E-state index contributed by atoms with van der Waals surface area (Å²) in [6, 6.07) is 18.1. The maximum absolute atomic E-state index is 12.5. The van der Waals surface area contributed by atoms with Gasteiger partial charge in [-0.1, -0.05) is 54.6 Å². The third-order valence-electron chi connectivity index (χ3n) is 4.67. The lowest BCUT2D eigenvalue weighted by molar-refractivity contribution is -0.123. The van der Waals surface area contributed by atoms with E-state index in [1.807, 2.05) is 42.5 Å². The number of halogens is 1. The van der Waals surface area contributed by atoms with Crippen LogP contribution in [0.1, 0.15) is 29.0 Å². The molecule has 0 bridgehead atoms. The molecule has 2 unspecified atom stereocenters. The third-order valence-corrected chi connectivity index (χ3v) is 4.67. The lowest BCUT2D eigenvalue weighted by Crippen LogP contribution is -2.48. The van der Waals surface area contributed by atoms with E-state index in [1.165, 1.54) is 11.1 Å². The van der Waals surface area contributed by atoms with Crippen molar-refractivity contribution in [1.82, 2.24) is 10.6 Å². The minimum Gasteiger partial charge on any atom is -0.396 e. The second-order valence-corrected chi connectivity index (χ2v) is 6.27. The molecule has 3 N–H and O–H groups in total. The molecular weight excluding hydrogens is 336 g/mol. The summed E-state index contributed by atoms with van der Waals surface area (Å²) in [5.74, 6) is 0.166. The predicted octanol–water partition coefficient (Wildman–Crippen LogP) is 2.41. The first-order valence-corrected chi connectivity index (χ1v) is 8.51. The number of rotatable bonds is 6. The van der Waals surface area contributed by atoms with Crippen molar-refractivity contribution in [3.05, 3.63) is 71.3 Å². The molecule has 4 nitrogen and oxygen atoms in total. The Kier molecular flexibility index (Phi) is 7.44. The minimum atomic E-state index is -0.189. The highest BCUT2D eigenvalue weighted by Crippen LogP contribution is 2.19. The Morgan fingerprint density at radius 2 is 1.80 bits per heavy atom. The number of aliphatic hydroxyl groups excluding tert-OH is 1. The molecule has 1 heterocycles. The summed E-state index contributed by atoms with van der Waals surface area (Å²) in [5, 5.41) is 15.7. The van der Waals surface area contributed by atoms with E-state index in [0.717, 1.165) is 18.5 Å². The standard InChI is InChI=1S/C20H24N2O2.ClH/c23-11-10-18(15-6-2-1-3-7-15)14-22-20(24)19-12-16-8-4-5-9-17(16)13-21-19;/h1-9,18-19,21,23H,10-14H2,(H,22,24);1H. The summed E-state index contributed by atoms with van der Waals surface area (Å²) in [7, 11) is 0. The van der Waals surface area contributed by atoms with E-state index in [2.05, 4.69) is 22.8 Å². The first kappa shape index (κ1) is 19.4. The number of carbonyl (C=O) groups excluding carboxylic acids is 1. The van der Waals surface area contributed by atoms with E-state index in [9.17, 15) is 9.90 Å². The monoisotopic (exact) mass is 360 g/mol. The number of carbonyl (C=O) groups is 1. The van der Waals surface area contributed by atoms with E-state index in [-0.39, 0.29) is 36.9 Å². The zero-order valence-electron chi connectivity index (χ0n) is 14.2. The SMILES string of the molecule is Cl.O=C(NCC(CCO)c1ccccc1)C1Cc2ccccc2CN1. The first-order chi connectivity index (χ1) is 11.8. The lowest BCUT2D eigenvalue weighted by Gasteiger charge is -2.26. The molecule has 1 aliphatic heterocycles. The summed E-state index contributed by atoms with van der Waals surface area (Å²) in [6.07, 6.45) is 1.36. The maximum atomic E-state index is 12.5. The molecule has 5 heteroatoms. The smallest absolute Gasteiger partial charge is 0.237 e. The van der Waals surface area contributed by atoms with Crippen LogP contribution in [0, 0.1) is 0 Å². The van der Waals surface area contributed by atoms with Gasteiger partial charge in [0.05, 0.1) is 6.04 Å². The molecule has 1 aliphatic rings. The molecule has 0 aromatic heterocycles. The Morgan fingerprint density at radius 3 is 2.52 bits per heavy atom. The molecule has 2 aromatic carbocycles. The Balaban J connectivity index is 0.00000225. The van der Waals surface area contributed by atoms with Gasteiger partial charge in [0.1, 0.15) is 0 Å². The molecule has 0 saturated heterocycles. The van der Waals surface area contributed by atoms with Crippen LogP contribution < -0.4 is 10.6 Å². The molecule has 2 aromatic rings. The second kappa shape index (κ2) is 9.56. The average molecular weight is 361 g/mol. The quantitative estimate of drug-likeness (QED) is 0.741. The number of fused-ring (bicyclic) bond motifs is 1. The molecular formula is C20H25ClN2O2. The van der Waals surface area contributed by atoms with Crippen molar-refractivity contribution in [3.63, 3.8) is 0 Å². The molecule has 0 aliphatic carbocycles. The predicted molar refractivity (Wildman–Crippen MR) is 102 cm³/mol. The van der Waals surface area contributed by atoms with Gasteiger partial charge < -0.3 is 15.7 Å². The molecule has 134 valence electrons. The fourth-order valence-electron chi connectivity index (χ4n) is 3.25. The topological polar surface area (TPSA) is 61.4 Å². The molecule has 0 fully saturated rings. The van der Waals surface area contributed by atoms with Crippen LogP contribution in [0.15, 0.2) is 54.6 Å². The first-order valence-electron chi connectivity index (χ1n) is 8.51. The highest BCUT2D eigenvalue weighted by atomic mass is 35.5. The van der Waals surface area contributed by atoms with Crippen LogP contribution >= 0.6 is 12.4 Å². The van der Waals surface area contributed by atoms with Gasteiger partial charge in [-0.05, 0) is 29.5 Å². The lowest BCUT2D eigenvalue weighted by atomic mass is 9.94. The van der Waals surface area contributed by atoms with Crippen molar-refractivity contribution in [2.45, 2.75) is 31.3 Å². The highest BCUT2D eigenvalue weighted by molar-refractivity contribution is 5.85. The fraction of sp³-hybridized carbons (Fsp3) is 0.350. The maximum Gasteiger partial charge on any atom is 0.237 e. The van der Waals surface area contributed by atoms with E-state index in [1.54, 1.807) is 0 Å². The second-order valence-electron chi connectivity index (χ2n) is 6.27. The summed E-state index contributed by atoms with van der Waals surface area (Å²) in [4.78, 5) is 12.5. The molecule has 25 heavy (non-hydrogen) atoms. The van der Waals surface area contributed by atoms with Crippen LogP contribution in [0.2, 0.25) is 0 Å². The fourth-order valence-corrected chi connectivity index (χ4v) is 3.25. The molecule has 0 saturated carbocycles.